The number of nitroso groups, excluding NO2 is 1. The van der Waals surface area contributed by atoms with E-state index in [2.05, 4.69) is 10.0 Å². The molecule has 0 aliphatic heterocycles. The summed E-state index contributed by atoms with van der Waals surface area (Å²) in [4.78, 5) is 20.9. The molecule has 0 aliphatic rings. The van der Waals surface area contributed by atoms with Gasteiger partial charge in [-0.2, -0.15) is 34.8 Å². The molecule has 2 N–H and O–H groups in total. The minimum absolute atomic E-state index is 0.0590. The number of benzene rings is 1. The number of hydroxylamine groups is 1. The lowest BCUT2D eigenvalue weighted by Crippen LogP contribution is -2.34. The Labute approximate surface area is 154 Å². The van der Waals surface area contributed by atoms with Crippen LogP contribution in [-0.2, 0) is 26.8 Å². The molecule has 28 heavy (non-hydrogen) atoms. The third kappa shape index (κ3) is 6.63. The summed E-state index contributed by atoms with van der Waals surface area (Å²) in [6.45, 7) is 1.19. The summed E-state index contributed by atoms with van der Waals surface area (Å²) in [5.41, 5.74) is 1.09. The van der Waals surface area contributed by atoms with E-state index in [0.717, 1.165) is 0 Å². The van der Waals surface area contributed by atoms with Gasteiger partial charge in [-0.25, -0.2) is 4.79 Å². The highest BCUT2D eigenvalue weighted by molar-refractivity contribution is 7.86. The smallest absolute Gasteiger partial charge is 0.348 e. The second-order valence-electron chi connectivity index (χ2n) is 5.56. The molecule has 1 aromatic rings. The monoisotopic (exact) mass is 437 g/mol. The number of rotatable bonds is 7. The lowest BCUT2D eigenvalue weighted by Gasteiger charge is -2.18. The van der Waals surface area contributed by atoms with Gasteiger partial charge in [-0.15, -0.1) is 9.19 Å². The predicted octanol–water partition coefficient (Wildman–Crippen LogP) is 3.54. The van der Waals surface area contributed by atoms with Gasteiger partial charge in [-0.1, -0.05) is 6.92 Å². The molecule has 1 atom stereocenters. The van der Waals surface area contributed by atoms with Crippen molar-refractivity contribution in [3.63, 3.8) is 0 Å². The van der Waals surface area contributed by atoms with Crippen LogP contribution in [0.2, 0.25) is 0 Å². The van der Waals surface area contributed by atoms with Crippen molar-refractivity contribution in [2.24, 2.45) is 11.0 Å². The fourth-order valence-electron chi connectivity index (χ4n) is 1.99. The van der Waals surface area contributed by atoms with Crippen LogP contribution in [0.1, 0.15) is 36.0 Å². The number of nitrogens with two attached hydrogens (primary N) is 1. The first-order valence-electron chi connectivity index (χ1n) is 7.21. The van der Waals surface area contributed by atoms with E-state index in [1.807, 2.05) is 5.29 Å². The van der Waals surface area contributed by atoms with Crippen LogP contribution in [0.3, 0.4) is 0 Å². The number of urea groups is 1. The Morgan fingerprint density at radius 3 is 1.96 bits per heavy atom. The van der Waals surface area contributed by atoms with Crippen LogP contribution in [0.25, 0.3) is 0 Å². The highest BCUT2D eigenvalue weighted by atomic mass is 32.2. The molecule has 2 amide bonds. The predicted molar refractivity (Wildman–Crippen MR) is 81.6 cm³/mol. The van der Waals surface area contributed by atoms with Crippen molar-refractivity contribution >= 4 is 16.1 Å². The molecule has 0 fully saturated rings. The Bertz CT molecular complexity index is 808. The van der Waals surface area contributed by atoms with Crippen LogP contribution < -0.4 is 5.73 Å². The fourth-order valence-corrected chi connectivity index (χ4v) is 3.02. The number of alkyl halides is 6. The van der Waals surface area contributed by atoms with Crippen LogP contribution in [0.15, 0.2) is 23.5 Å². The SMILES string of the molecule is C[C@H](CCS(=O)(=O)ON(N=O)C(N)=O)c1cc(C(F)(F)F)cc(C(F)(F)F)c1. The number of halogens is 6. The number of primary amides is 1. The number of hydrogen-bond donors (Lipinski definition) is 1. The van der Waals surface area contributed by atoms with Crippen LogP contribution in [0.5, 0.6) is 0 Å². The lowest BCUT2D eigenvalue weighted by atomic mass is 9.94. The summed E-state index contributed by atoms with van der Waals surface area (Å²) in [6.07, 6.45) is -10.6. The highest BCUT2D eigenvalue weighted by Crippen LogP contribution is 2.38. The summed E-state index contributed by atoms with van der Waals surface area (Å²) < 4.78 is 104. The fraction of sp³-hybridized carbons (Fsp3) is 0.462. The van der Waals surface area contributed by atoms with E-state index in [0.29, 0.717) is 12.1 Å². The third-order valence-electron chi connectivity index (χ3n) is 3.43. The largest absolute Gasteiger partial charge is 0.416 e. The molecular weight excluding hydrogens is 424 g/mol. The number of amides is 2. The molecule has 0 heterocycles. The van der Waals surface area contributed by atoms with Crippen molar-refractivity contribution < 1.29 is 43.8 Å². The summed E-state index contributed by atoms with van der Waals surface area (Å²) in [5.74, 6) is -2.04. The van der Waals surface area contributed by atoms with Crippen molar-refractivity contribution in [1.82, 2.24) is 5.17 Å². The maximum Gasteiger partial charge on any atom is 0.416 e. The molecular formula is C13H13F6N3O5S. The molecule has 0 aliphatic carbocycles. The van der Waals surface area contributed by atoms with Gasteiger partial charge in [0.15, 0.2) is 0 Å². The number of carbonyl (C=O) groups excluding carboxylic acids is 1. The standard InChI is InChI=1S/C13H13F6N3O5S/c1-7(2-3-28(25,26)27-22(21-24)11(20)23)8-4-9(12(14,15)16)6-10(5-8)13(17,18)19/h4-7H,2-3H2,1H3,(H2,20,23)/t7-/m1/s1. The van der Waals surface area contributed by atoms with Gasteiger partial charge in [-0.05, 0) is 41.3 Å². The lowest BCUT2D eigenvalue weighted by molar-refractivity contribution is -0.143. The maximum atomic E-state index is 12.9. The number of hydrogen-bond acceptors (Lipinski definition) is 6. The number of nitrogens with zero attached hydrogens (tertiary/aromatic N) is 2. The molecule has 158 valence electrons. The van der Waals surface area contributed by atoms with E-state index in [-0.39, 0.29) is 6.07 Å². The van der Waals surface area contributed by atoms with Gasteiger partial charge < -0.3 is 5.73 Å². The van der Waals surface area contributed by atoms with Gasteiger partial charge in [0.1, 0.15) is 0 Å². The van der Waals surface area contributed by atoms with Gasteiger partial charge in [0, 0.05) is 0 Å². The van der Waals surface area contributed by atoms with Crippen molar-refractivity contribution in [1.29, 1.82) is 0 Å². The first-order valence-corrected chi connectivity index (χ1v) is 8.79. The van der Waals surface area contributed by atoms with E-state index >= 15 is 0 Å². The summed E-state index contributed by atoms with van der Waals surface area (Å²) >= 11 is 0. The molecule has 1 aromatic carbocycles. The van der Waals surface area contributed by atoms with Crippen molar-refractivity contribution in [3.8, 4) is 0 Å². The van der Waals surface area contributed by atoms with E-state index < -0.39 is 68.5 Å². The Balaban J connectivity index is 3.07. The van der Waals surface area contributed by atoms with Gasteiger partial charge in [0.2, 0.25) is 0 Å². The Morgan fingerprint density at radius 2 is 1.61 bits per heavy atom. The average Bonchev–Trinajstić information content (AvgIpc) is 2.55. The second kappa shape index (κ2) is 8.30. The summed E-state index contributed by atoms with van der Waals surface area (Å²) in [5, 5.41) is 1.32. The highest BCUT2D eigenvalue weighted by Gasteiger charge is 2.37. The zero-order chi connectivity index (χ0) is 21.9. The van der Waals surface area contributed by atoms with Crippen molar-refractivity contribution in [3.05, 3.63) is 39.8 Å². The Kier molecular flexibility index (Phi) is 7.00. The molecule has 0 saturated carbocycles. The minimum Gasteiger partial charge on any atom is -0.348 e. The average molecular weight is 437 g/mol. The van der Waals surface area contributed by atoms with Gasteiger partial charge in [-0.3, -0.25) is 0 Å². The topological polar surface area (TPSA) is 119 Å². The molecule has 8 nitrogen and oxygen atoms in total. The van der Waals surface area contributed by atoms with Crippen molar-refractivity contribution in [2.45, 2.75) is 31.6 Å². The summed E-state index contributed by atoms with van der Waals surface area (Å²) in [7, 11) is -4.63. The van der Waals surface area contributed by atoms with Crippen LogP contribution in [-0.4, -0.2) is 25.4 Å². The molecule has 0 unspecified atom stereocenters. The van der Waals surface area contributed by atoms with E-state index in [9.17, 15) is 44.5 Å². The molecule has 1 rings (SSSR count). The van der Waals surface area contributed by atoms with Gasteiger partial charge >= 0.3 is 18.4 Å². The minimum atomic E-state index is -5.05. The third-order valence-corrected chi connectivity index (χ3v) is 4.53. The Hall–Kier alpha value is -2.42. The van der Waals surface area contributed by atoms with E-state index in [1.54, 1.807) is 0 Å². The van der Waals surface area contributed by atoms with Crippen LogP contribution in [0.4, 0.5) is 31.1 Å². The molecule has 0 bridgehead atoms. The first kappa shape index (κ1) is 23.6. The Morgan fingerprint density at radius 1 is 1.14 bits per heavy atom. The molecule has 0 radical (unpaired) electrons. The van der Waals surface area contributed by atoms with E-state index in [1.165, 1.54) is 6.92 Å². The summed E-state index contributed by atoms with van der Waals surface area (Å²) in [6, 6.07) is -0.776. The normalized spacial score (nSPS) is 13.8. The first-order chi connectivity index (χ1) is 12.6. The maximum absolute atomic E-state index is 12.9. The van der Waals surface area contributed by atoms with Crippen molar-refractivity contribution in [2.75, 3.05) is 5.75 Å². The zero-order valence-electron chi connectivity index (χ0n) is 13.9. The molecule has 0 spiro atoms. The molecule has 15 heteroatoms. The zero-order valence-corrected chi connectivity index (χ0v) is 14.7. The van der Waals surface area contributed by atoms with Crippen LogP contribution >= 0.6 is 0 Å². The molecule has 0 aromatic heterocycles. The van der Waals surface area contributed by atoms with Gasteiger partial charge in [0.05, 0.1) is 22.2 Å². The van der Waals surface area contributed by atoms with E-state index in [4.69, 9.17) is 0 Å². The quantitative estimate of drug-likeness (QED) is 0.398. The van der Waals surface area contributed by atoms with Gasteiger partial charge in [0.25, 0.3) is 10.1 Å². The van der Waals surface area contributed by atoms with Crippen LogP contribution in [0, 0.1) is 4.91 Å². The number of carbonyl (C=O) groups is 1. The second-order valence-corrected chi connectivity index (χ2v) is 7.23. The molecule has 0 saturated heterocycles.